The van der Waals surface area contributed by atoms with Crippen LogP contribution in [0.25, 0.3) is 0 Å². The van der Waals surface area contributed by atoms with Crippen LogP contribution in [0.15, 0.2) is 42.5 Å². The number of nitrogens with one attached hydrogen (secondary N) is 1. The molecule has 1 saturated heterocycles. The van der Waals surface area contributed by atoms with Crippen LogP contribution in [-0.4, -0.2) is 41.6 Å². The minimum Gasteiger partial charge on any atom is -0.497 e. The number of amides is 3. The Hall–Kier alpha value is -2.39. The zero-order valence-electron chi connectivity index (χ0n) is 18.0. The Kier molecular flexibility index (Phi) is 5.73. The maximum atomic E-state index is 13.5. The molecule has 0 aromatic heterocycles. The van der Waals surface area contributed by atoms with Crippen molar-refractivity contribution in [3.63, 3.8) is 0 Å². The second-order valence-corrected chi connectivity index (χ2v) is 10.7. The summed E-state index contributed by atoms with van der Waals surface area (Å²) in [6.45, 7) is 0. The second-order valence-electron chi connectivity index (χ2n) is 8.55. The number of carbonyl (C=O) groups excluding carboxylic acids is 3. The van der Waals surface area contributed by atoms with Crippen LogP contribution in [0.5, 0.6) is 11.5 Å². The lowest BCUT2D eigenvalue weighted by molar-refractivity contribution is -0.123. The molecule has 33 heavy (non-hydrogen) atoms. The molecule has 2 bridgehead atoms. The smallest absolute Gasteiger partial charge is 0.257 e. The van der Waals surface area contributed by atoms with Gasteiger partial charge in [0.1, 0.15) is 11.5 Å². The van der Waals surface area contributed by atoms with E-state index < -0.39 is 5.91 Å². The van der Waals surface area contributed by atoms with Crippen molar-refractivity contribution in [3.8, 4) is 11.5 Å². The third-order valence-corrected chi connectivity index (χ3v) is 10.2. The summed E-state index contributed by atoms with van der Waals surface area (Å²) in [6, 6.07) is 11.8. The summed E-state index contributed by atoms with van der Waals surface area (Å²) in [5, 5.41) is 2.83. The first-order chi connectivity index (χ1) is 15.9. The highest BCUT2D eigenvalue weighted by Crippen LogP contribution is 2.60. The highest BCUT2D eigenvalue weighted by molar-refractivity contribution is 9.12. The summed E-state index contributed by atoms with van der Waals surface area (Å²) in [5.41, 5.74) is 0.968. The van der Waals surface area contributed by atoms with Crippen LogP contribution in [0.2, 0.25) is 0 Å². The number of halogens is 2. The van der Waals surface area contributed by atoms with Crippen LogP contribution < -0.4 is 19.7 Å². The van der Waals surface area contributed by atoms with Crippen molar-refractivity contribution >= 4 is 61.0 Å². The van der Waals surface area contributed by atoms with Crippen LogP contribution in [0, 0.1) is 23.7 Å². The summed E-state index contributed by atoms with van der Waals surface area (Å²) >= 11 is 7.41. The number of hydrogen-bond donors (Lipinski definition) is 1. The molecule has 0 radical (unpaired) electrons. The van der Waals surface area contributed by atoms with E-state index in [0.717, 1.165) is 6.42 Å². The van der Waals surface area contributed by atoms with Crippen molar-refractivity contribution in [2.24, 2.45) is 23.7 Å². The maximum Gasteiger partial charge on any atom is 0.257 e. The summed E-state index contributed by atoms with van der Waals surface area (Å²) in [7, 11) is 3.04. The van der Waals surface area contributed by atoms with E-state index in [1.807, 2.05) is 0 Å². The minimum absolute atomic E-state index is 0.104. The van der Waals surface area contributed by atoms with Gasteiger partial charge in [-0.15, -0.1) is 0 Å². The first-order valence-corrected chi connectivity index (χ1v) is 12.5. The van der Waals surface area contributed by atoms with Crippen LogP contribution >= 0.6 is 31.9 Å². The van der Waals surface area contributed by atoms with Crippen molar-refractivity contribution < 1.29 is 23.9 Å². The maximum absolute atomic E-state index is 13.5. The number of hydrogen-bond acceptors (Lipinski definition) is 5. The number of benzene rings is 2. The van der Waals surface area contributed by atoms with E-state index in [9.17, 15) is 14.4 Å². The molecule has 6 atom stereocenters. The molecule has 0 unspecified atom stereocenters. The number of alkyl halides is 2. The van der Waals surface area contributed by atoms with Crippen LogP contribution in [0.1, 0.15) is 16.8 Å². The monoisotopic (exact) mass is 576 g/mol. The second kappa shape index (κ2) is 8.43. The Morgan fingerprint density at radius 1 is 0.970 bits per heavy atom. The number of anilines is 2. The minimum atomic E-state index is -0.450. The van der Waals surface area contributed by atoms with Crippen molar-refractivity contribution in [3.05, 3.63) is 48.0 Å². The quantitative estimate of drug-likeness (QED) is 0.424. The summed E-state index contributed by atoms with van der Waals surface area (Å²) in [5.74, 6) is -0.365. The van der Waals surface area contributed by atoms with Gasteiger partial charge >= 0.3 is 0 Å². The van der Waals surface area contributed by atoms with Gasteiger partial charge in [0, 0.05) is 15.7 Å². The lowest BCUT2D eigenvalue weighted by atomic mass is 9.81. The van der Waals surface area contributed by atoms with Gasteiger partial charge in [-0.2, -0.15) is 0 Å². The number of para-hydroxylation sites is 1. The average molecular weight is 578 g/mol. The van der Waals surface area contributed by atoms with Crippen molar-refractivity contribution in [1.29, 1.82) is 0 Å². The molecule has 3 aliphatic rings. The van der Waals surface area contributed by atoms with Gasteiger partial charge in [-0.25, -0.2) is 4.90 Å². The SMILES string of the molecule is COc1ccc(OC)c(NC(=O)c2ccccc2N2C(=O)[C@@H]3[C@H]4C[C@@H]([C@@H](Br)[C@H]4Br)[C@H]3C2=O)c1. The highest BCUT2D eigenvalue weighted by Gasteiger charge is 2.66. The van der Waals surface area contributed by atoms with E-state index in [0.29, 0.717) is 22.9 Å². The van der Waals surface area contributed by atoms with Gasteiger partial charge in [0.15, 0.2) is 0 Å². The van der Waals surface area contributed by atoms with E-state index in [2.05, 4.69) is 37.2 Å². The Balaban J connectivity index is 1.48. The standard InChI is InChI=1S/C24H22Br2N2O5/c1-32-11-7-8-17(33-2)15(9-11)27-22(29)12-5-3-4-6-16(12)28-23(30)18-13-10-14(19(18)24(28)31)21(26)20(13)25/h3-9,13-14,18-21H,10H2,1-2H3,(H,27,29)/t13-,14-,18-,19-,20-,21+/m1/s1. The zero-order valence-corrected chi connectivity index (χ0v) is 21.1. The van der Waals surface area contributed by atoms with Gasteiger partial charge in [0.05, 0.1) is 43.0 Å². The molecule has 2 aromatic carbocycles. The predicted octanol–water partition coefficient (Wildman–Crippen LogP) is 4.24. The number of nitrogens with zero attached hydrogens (tertiary/aromatic N) is 1. The Labute approximate surface area is 208 Å². The lowest BCUT2D eigenvalue weighted by Gasteiger charge is -2.28. The largest absolute Gasteiger partial charge is 0.497 e. The average Bonchev–Trinajstić information content (AvgIpc) is 3.43. The number of imide groups is 1. The summed E-state index contributed by atoms with van der Waals surface area (Å²) in [4.78, 5) is 41.7. The van der Waals surface area contributed by atoms with Crippen LogP contribution in [0.3, 0.4) is 0 Å². The normalized spacial score (nSPS) is 29.9. The Bertz CT molecular complexity index is 1120. The van der Waals surface area contributed by atoms with Crippen molar-refractivity contribution in [2.75, 3.05) is 24.4 Å². The third kappa shape index (κ3) is 3.39. The van der Waals surface area contributed by atoms with Gasteiger partial charge in [0.25, 0.3) is 5.91 Å². The van der Waals surface area contributed by atoms with E-state index in [-0.39, 0.29) is 50.7 Å². The molecule has 2 aliphatic carbocycles. The first kappa shape index (κ1) is 22.4. The fourth-order valence-electron chi connectivity index (χ4n) is 5.55. The molecule has 2 saturated carbocycles. The van der Waals surface area contributed by atoms with E-state index >= 15 is 0 Å². The van der Waals surface area contributed by atoms with Crippen molar-refractivity contribution in [1.82, 2.24) is 0 Å². The summed E-state index contributed by atoms with van der Waals surface area (Å²) < 4.78 is 10.6. The third-order valence-electron chi connectivity index (χ3n) is 7.03. The van der Waals surface area contributed by atoms with Crippen LogP contribution in [0.4, 0.5) is 11.4 Å². The molecular formula is C24H22Br2N2O5. The van der Waals surface area contributed by atoms with Gasteiger partial charge in [0.2, 0.25) is 11.8 Å². The molecule has 0 spiro atoms. The molecule has 3 amide bonds. The number of rotatable bonds is 5. The van der Waals surface area contributed by atoms with E-state index in [1.54, 1.807) is 42.5 Å². The number of carbonyl (C=O) groups is 3. The first-order valence-electron chi connectivity index (χ1n) is 10.7. The molecule has 172 valence electrons. The molecule has 1 N–H and O–H groups in total. The summed E-state index contributed by atoms with van der Waals surface area (Å²) in [6.07, 6.45) is 0.851. The fraction of sp³-hybridized carbons (Fsp3) is 0.375. The predicted molar refractivity (Wildman–Crippen MR) is 130 cm³/mol. The van der Waals surface area contributed by atoms with Gasteiger partial charge < -0.3 is 14.8 Å². The van der Waals surface area contributed by atoms with Gasteiger partial charge in [-0.3, -0.25) is 14.4 Å². The Morgan fingerprint density at radius 2 is 1.61 bits per heavy atom. The molecule has 1 heterocycles. The number of ether oxygens (including phenoxy) is 2. The molecule has 2 aromatic rings. The van der Waals surface area contributed by atoms with Crippen molar-refractivity contribution in [2.45, 2.75) is 16.1 Å². The fourth-order valence-corrected chi connectivity index (χ4v) is 7.42. The van der Waals surface area contributed by atoms with E-state index in [1.165, 1.54) is 19.1 Å². The van der Waals surface area contributed by atoms with Gasteiger partial charge in [-0.05, 0) is 42.5 Å². The number of fused-ring (bicyclic) bond motifs is 5. The topological polar surface area (TPSA) is 84.9 Å². The Morgan fingerprint density at radius 3 is 2.21 bits per heavy atom. The molecular weight excluding hydrogens is 556 g/mol. The molecule has 1 aliphatic heterocycles. The zero-order chi connectivity index (χ0) is 23.4. The number of methoxy groups -OCH3 is 2. The van der Waals surface area contributed by atoms with Crippen LogP contribution in [-0.2, 0) is 9.59 Å². The molecule has 7 nitrogen and oxygen atoms in total. The molecule has 5 rings (SSSR count). The molecule has 9 heteroatoms. The molecule has 3 fully saturated rings. The highest BCUT2D eigenvalue weighted by atomic mass is 79.9. The van der Waals surface area contributed by atoms with E-state index in [4.69, 9.17) is 9.47 Å². The lowest BCUT2D eigenvalue weighted by Crippen LogP contribution is -2.37. The van der Waals surface area contributed by atoms with Gasteiger partial charge in [-0.1, -0.05) is 44.0 Å².